The van der Waals surface area contributed by atoms with Crippen molar-refractivity contribution in [1.82, 2.24) is 0 Å². The van der Waals surface area contributed by atoms with Crippen molar-refractivity contribution in [2.75, 3.05) is 13.2 Å². The highest BCUT2D eigenvalue weighted by Crippen LogP contribution is 2.16. The minimum atomic E-state index is -1.31. The van der Waals surface area contributed by atoms with Crippen LogP contribution in [-0.2, 0) is 9.47 Å². The predicted molar refractivity (Wildman–Crippen MR) is 97.3 cm³/mol. The summed E-state index contributed by atoms with van der Waals surface area (Å²) >= 11 is 0. The van der Waals surface area contributed by atoms with Crippen molar-refractivity contribution in [3.63, 3.8) is 0 Å². The maximum absolute atomic E-state index is 6.11. The molecule has 1 aliphatic heterocycles. The molecule has 22 heavy (non-hydrogen) atoms. The number of hydrogen-bond donors (Lipinski definition) is 0. The Hall–Kier alpha value is -1.24. The molecule has 0 bridgehead atoms. The van der Waals surface area contributed by atoms with Crippen molar-refractivity contribution in [2.45, 2.75) is 58.4 Å². The molecule has 1 aliphatic rings. The maximum atomic E-state index is 6.11. The van der Waals surface area contributed by atoms with Crippen LogP contribution in [0.3, 0.4) is 0 Å². The average Bonchev–Trinajstić information content (AvgIpc) is 2.43. The second-order valence-electron chi connectivity index (χ2n) is 6.88. The van der Waals surface area contributed by atoms with Crippen molar-refractivity contribution in [3.05, 3.63) is 36.1 Å². The van der Waals surface area contributed by atoms with Crippen molar-refractivity contribution in [3.8, 4) is 11.5 Å². The molecule has 0 aromatic heterocycles. The van der Waals surface area contributed by atoms with Gasteiger partial charge in [-0.05, 0) is 38.0 Å². The van der Waals surface area contributed by atoms with Crippen LogP contribution in [0.1, 0.15) is 32.6 Å². The normalized spacial score (nSPS) is 17.2. The van der Waals surface area contributed by atoms with Gasteiger partial charge in [-0.15, -0.1) is 12.1 Å². The Morgan fingerprint density at radius 2 is 2.00 bits per heavy atom. The Kier molecular flexibility index (Phi) is 8.30. The quantitative estimate of drug-likeness (QED) is 0.229. The van der Waals surface area contributed by atoms with Crippen LogP contribution in [0.2, 0.25) is 19.6 Å². The van der Waals surface area contributed by atoms with Gasteiger partial charge < -0.3 is 9.47 Å². The number of rotatable bonds is 6. The van der Waals surface area contributed by atoms with E-state index in [1.807, 2.05) is 12.2 Å². The van der Waals surface area contributed by atoms with Crippen molar-refractivity contribution in [1.29, 1.82) is 0 Å². The van der Waals surface area contributed by atoms with E-state index < -0.39 is 8.07 Å². The molecule has 0 radical (unpaired) electrons. The molecule has 1 fully saturated rings. The third-order valence-corrected chi connectivity index (χ3v) is 4.06. The van der Waals surface area contributed by atoms with Crippen LogP contribution in [0, 0.1) is 11.5 Å². The minimum Gasteiger partial charge on any atom is -0.491 e. The zero-order valence-electron chi connectivity index (χ0n) is 14.6. The molecule has 0 aromatic rings. The van der Waals surface area contributed by atoms with Crippen LogP contribution >= 0.6 is 0 Å². The van der Waals surface area contributed by atoms with Crippen LogP contribution in [0.15, 0.2) is 36.1 Å². The number of hydrogen-bond acceptors (Lipinski definition) is 2. The van der Waals surface area contributed by atoms with Gasteiger partial charge in [0.05, 0.1) is 13.2 Å². The lowest BCUT2D eigenvalue weighted by Crippen LogP contribution is -2.22. The molecule has 0 spiro atoms. The summed E-state index contributed by atoms with van der Waals surface area (Å²) in [6, 6.07) is 0. The Morgan fingerprint density at radius 3 is 2.59 bits per heavy atom. The van der Waals surface area contributed by atoms with Gasteiger partial charge in [0.25, 0.3) is 0 Å². The van der Waals surface area contributed by atoms with E-state index in [2.05, 4.69) is 50.7 Å². The fourth-order valence-corrected chi connectivity index (χ4v) is 2.50. The standard InChI is InChI=1S/C19H30O2Si/c1-17(2)9-8-11-18(10-6-7-16-22(3,4)5)21-19-12-14-20-15-13-19/h6,10-11,19H,1,8-9,12-15H2,2-5H3. The van der Waals surface area contributed by atoms with Crippen LogP contribution in [-0.4, -0.2) is 27.4 Å². The Morgan fingerprint density at radius 1 is 1.32 bits per heavy atom. The second kappa shape index (κ2) is 9.71. The molecule has 3 heteroatoms. The van der Waals surface area contributed by atoms with Crippen molar-refractivity contribution < 1.29 is 9.47 Å². The number of allylic oxidation sites excluding steroid dienone is 4. The molecule has 0 N–H and O–H groups in total. The van der Waals surface area contributed by atoms with Gasteiger partial charge in [-0.3, -0.25) is 0 Å². The third-order valence-electron chi connectivity index (χ3n) is 3.17. The monoisotopic (exact) mass is 318 g/mol. The summed E-state index contributed by atoms with van der Waals surface area (Å²) in [7, 11) is -1.31. The summed E-state index contributed by atoms with van der Waals surface area (Å²) < 4.78 is 11.5. The fraction of sp³-hybridized carbons (Fsp3) is 0.579. The van der Waals surface area contributed by atoms with Gasteiger partial charge in [0.1, 0.15) is 19.9 Å². The van der Waals surface area contributed by atoms with Crippen molar-refractivity contribution in [2.24, 2.45) is 0 Å². The number of ether oxygens (including phenoxy) is 2. The lowest BCUT2D eigenvalue weighted by Gasteiger charge is -2.23. The van der Waals surface area contributed by atoms with E-state index in [4.69, 9.17) is 9.47 Å². The molecular weight excluding hydrogens is 288 g/mol. The van der Waals surface area contributed by atoms with Crippen molar-refractivity contribution >= 4 is 8.07 Å². The van der Waals surface area contributed by atoms with E-state index in [0.29, 0.717) is 0 Å². The van der Waals surface area contributed by atoms with E-state index in [0.717, 1.165) is 44.7 Å². The van der Waals surface area contributed by atoms with E-state index in [-0.39, 0.29) is 6.10 Å². The molecule has 122 valence electrons. The first-order valence-electron chi connectivity index (χ1n) is 8.15. The van der Waals surface area contributed by atoms with Gasteiger partial charge in [-0.2, -0.15) is 0 Å². The molecule has 2 nitrogen and oxygen atoms in total. The molecule has 0 aliphatic carbocycles. The molecule has 0 atom stereocenters. The summed E-state index contributed by atoms with van der Waals surface area (Å²) in [4.78, 5) is 0. The Labute approximate surface area is 137 Å². The van der Waals surface area contributed by atoms with Gasteiger partial charge in [0, 0.05) is 12.8 Å². The summed E-state index contributed by atoms with van der Waals surface area (Å²) in [5.41, 5.74) is 4.54. The summed E-state index contributed by atoms with van der Waals surface area (Å²) in [6.45, 7) is 14.3. The van der Waals surface area contributed by atoms with Gasteiger partial charge >= 0.3 is 0 Å². The highest BCUT2D eigenvalue weighted by atomic mass is 28.3. The van der Waals surface area contributed by atoms with E-state index in [9.17, 15) is 0 Å². The topological polar surface area (TPSA) is 18.5 Å². The second-order valence-corrected chi connectivity index (χ2v) is 11.6. The third kappa shape index (κ3) is 9.65. The SMILES string of the molecule is C=C(C)CCC=C(C=CC#C[Si](C)(C)C)OC1CCOCC1. The highest BCUT2D eigenvalue weighted by molar-refractivity contribution is 6.83. The Bertz CT molecular complexity index is 466. The highest BCUT2D eigenvalue weighted by Gasteiger charge is 2.15. The summed E-state index contributed by atoms with van der Waals surface area (Å²) in [5.74, 6) is 4.09. The lowest BCUT2D eigenvalue weighted by molar-refractivity contribution is -0.000892. The van der Waals surface area contributed by atoms with E-state index in [1.165, 1.54) is 5.57 Å². The van der Waals surface area contributed by atoms with Crippen LogP contribution in [0.5, 0.6) is 0 Å². The predicted octanol–water partition coefficient (Wildman–Crippen LogP) is 4.86. The molecule has 1 heterocycles. The van der Waals surface area contributed by atoms with E-state index >= 15 is 0 Å². The van der Waals surface area contributed by atoms with E-state index in [1.54, 1.807) is 0 Å². The van der Waals surface area contributed by atoms with Crippen LogP contribution < -0.4 is 0 Å². The van der Waals surface area contributed by atoms with Gasteiger partial charge in [0.2, 0.25) is 0 Å². The lowest BCUT2D eigenvalue weighted by atomic mass is 10.1. The van der Waals surface area contributed by atoms with Gasteiger partial charge in [-0.1, -0.05) is 31.1 Å². The molecule has 1 saturated heterocycles. The zero-order chi connectivity index (χ0) is 16.4. The summed E-state index contributed by atoms with van der Waals surface area (Å²) in [6.07, 6.45) is 10.2. The van der Waals surface area contributed by atoms with Gasteiger partial charge in [-0.25, -0.2) is 0 Å². The van der Waals surface area contributed by atoms with Gasteiger partial charge in [0.15, 0.2) is 0 Å². The average molecular weight is 319 g/mol. The van der Waals surface area contributed by atoms with Crippen LogP contribution in [0.4, 0.5) is 0 Å². The molecule has 0 unspecified atom stereocenters. The molecule has 0 amide bonds. The largest absolute Gasteiger partial charge is 0.491 e. The summed E-state index contributed by atoms with van der Waals surface area (Å²) in [5, 5.41) is 0. The fourth-order valence-electron chi connectivity index (χ4n) is 1.98. The molecule has 0 saturated carbocycles. The Balaban J connectivity index is 2.65. The molecule has 0 aromatic carbocycles. The molecule has 1 rings (SSSR count). The van der Waals surface area contributed by atoms with Crippen LogP contribution in [0.25, 0.3) is 0 Å². The first kappa shape index (κ1) is 18.8. The first-order valence-corrected chi connectivity index (χ1v) is 11.6. The smallest absolute Gasteiger partial charge is 0.129 e. The molecular formula is C19H30O2Si. The minimum absolute atomic E-state index is 0.263. The first-order chi connectivity index (χ1) is 10.4. The maximum Gasteiger partial charge on any atom is 0.129 e. The zero-order valence-corrected chi connectivity index (χ0v) is 15.6.